The lowest BCUT2D eigenvalue weighted by molar-refractivity contribution is -0.158. The Morgan fingerprint density at radius 1 is 0.957 bits per heavy atom. The number of hydrogen-bond donors (Lipinski definition) is 1. The van der Waals surface area contributed by atoms with Gasteiger partial charge in [0.1, 0.15) is 5.75 Å². The van der Waals surface area contributed by atoms with Crippen molar-refractivity contribution in [3.05, 3.63) is 28.8 Å². The maximum Gasteiger partial charge on any atom is 0.320 e. The number of carbonyl (C=O) groups is 2. The second-order valence-electron chi connectivity index (χ2n) is 6.24. The van der Waals surface area contributed by atoms with Crippen LogP contribution < -0.4 is 0 Å². The molecule has 0 aliphatic heterocycles. The molecule has 5 heteroatoms. The van der Waals surface area contributed by atoms with Crippen LogP contribution in [-0.2, 0) is 25.5 Å². The van der Waals surface area contributed by atoms with Crippen molar-refractivity contribution in [1.82, 2.24) is 0 Å². The van der Waals surface area contributed by atoms with Crippen LogP contribution in [0.5, 0.6) is 5.75 Å². The summed E-state index contributed by atoms with van der Waals surface area (Å²) >= 11 is 0. The van der Waals surface area contributed by atoms with Crippen molar-refractivity contribution in [3.8, 4) is 5.75 Å². The first-order valence-electron chi connectivity index (χ1n) is 7.74. The van der Waals surface area contributed by atoms with Gasteiger partial charge in [0.25, 0.3) is 0 Å². The topological polar surface area (TPSA) is 72.8 Å². The highest BCUT2D eigenvalue weighted by atomic mass is 16.5. The quantitative estimate of drug-likeness (QED) is 0.643. The maximum absolute atomic E-state index is 11.8. The zero-order valence-electron chi connectivity index (χ0n) is 14.7. The molecule has 0 aliphatic carbocycles. The van der Waals surface area contributed by atoms with E-state index in [4.69, 9.17) is 9.47 Å². The summed E-state index contributed by atoms with van der Waals surface area (Å²) in [5, 5.41) is 10.4. The molecule has 0 saturated carbocycles. The Kier molecular flexibility index (Phi) is 6.61. The van der Waals surface area contributed by atoms with E-state index >= 15 is 0 Å². The van der Waals surface area contributed by atoms with Crippen LogP contribution in [-0.4, -0.2) is 31.3 Å². The molecule has 1 N–H and O–H groups in total. The van der Waals surface area contributed by atoms with Gasteiger partial charge in [0.2, 0.25) is 0 Å². The molecule has 0 bridgehead atoms. The highest BCUT2D eigenvalue weighted by Crippen LogP contribution is 2.35. The number of carbonyl (C=O) groups excluding carboxylic acids is 2. The number of aromatic hydroxyl groups is 1. The van der Waals surface area contributed by atoms with E-state index < -0.39 is 17.9 Å². The van der Waals surface area contributed by atoms with Crippen molar-refractivity contribution in [2.24, 2.45) is 5.92 Å². The number of methoxy groups -OCH3 is 2. The molecular weight excluding hydrogens is 296 g/mol. The third kappa shape index (κ3) is 4.47. The molecule has 0 fully saturated rings. The van der Waals surface area contributed by atoms with E-state index in [0.29, 0.717) is 0 Å². The number of ether oxygens (including phenoxy) is 2. The average Bonchev–Trinajstić information content (AvgIpc) is 2.51. The Balaban J connectivity index is 3.30. The molecule has 0 atom stereocenters. The number of hydrogen-bond acceptors (Lipinski definition) is 5. The van der Waals surface area contributed by atoms with Gasteiger partial charge in [-0.05, 0) is 34.9 Å². The van der Waals surface area contributed by atoms with Gasteiger partial charge < -0.3 is 14.6 Å². The smallest absolute Gasteiger partial charge is 0.320 e. The molecule has 1 aromatic rings. The molecule has 0 aliphatic rings. The van der Waals surface area contributed by atoms with Crippen LogP contribution in [0.25, 0.3) is 0 Å². The zero-order chi connectivity index (χ0) is 17.7. The first-order chi connectivity index (χ1) is 10.7. The summed E-state index contributed by atoms with van der Waals surface area (Å²) < 4.78 is 9.39. The normalized spacial score (nSPS) is 11.2. The average molecular weight is 322 g/mol. The first kappa shape index (κ1) is 19.0. The van der Waals surface area contributed by atoms with Crippen LogP contribution >= 0.6 is 0 Å². The highest BCUT2D eigenvalue weighted by Gasteiger charge is 2.29. The Hall–Kier alpha value is -2.04. The fraction of sp³-hybridized carbons (Fsp3) is 0.556. The van der Waals surface area contributed by atoms with E-state index in [1.54, 1.807) is 0 Å². The van der Waals surface area contributed by atoms with E-state index in [0.717, 1.165) is 16.7 Å². The van der Waals surface area contributed by atoms with Crippen molar-refractivity contribution < 1.29 is 24.2 Å². The van der Waals surface area contributed by atoms with E-state index in [1.807, 2.05) is 39.8 Å². The summed E-state index contributed by atoms with van der Waals surface area (Å²) in [7, 11) is 2.49. The van der Waals surface area contributed by atoms with Crippen molar-refractivity contribution in [2.45, 2.75) is 46.0 Å². The fourth-order valence-electron chi connectivity index (χ4n) is 2.53. The second-order valence-corrected chi connectivity index (χ2v) is 6.24. The minimum atomic E-state index is -1.01. The molecular formula is C18H26O5. The lowest BCUT2D eigenvalue weighted by atomic mass is 9.88. The van der Waals surface area contributed by atoms with Crippen LogP contribution in [0, 0.1) is 5.92 Å². The highest BCUT2D eigenvalue weighted by molar-refractivity contribution is 5.95. The van der Waals surface area contributed by atoms with Crippen LogP contribution in [0.4, 0.5) is 0 Å². The predicted octanol–water partition coefficient (Wildman–Crippen LogP) is 3.14. The molecule has 128 valence electrons. The third-order valence-electron chi connectivity index (χ3n) is 3.88. The molecule has 1 rings (SSSR count). The molecule has 0 saturated heterocycles. The van der Waals surface area contributed by atoms with Gasteiger partial charge in [-0.3, -0.25) is 9.59 Å². The van der Waals surface area contributed by atoms with Crippen LogP contribution in [0.3, 0.4) is 0 Å². The summed E-state index contributed by atoms with van der Waals surface area (Å²) in [6.45, 7) is 7.95. The standard InChI is InChI=1S/C18H26O5/c1-10(2)13-7-12(8-14(11(3)4)16(13)19)9-15(17(20)22-5)18(21)23-6/h7-8,10-11,15,19H,9H2,1-6H3. The van der Waals surface area contributed by atoms with Crippen molar-refractivity contribution in [3.63, 3.8) is 0 Å². The van der Waals surface area contributed by atoms with Gasteiger partial charge in [-0.1, -0.05) is 39.8 Å². The molecule has 0 unspecified atom stereocenters. The molecule has 0 radical (unpaired) electrons. The monoisotopic (exact) mass is 322 g/mol. The van der Waals surface area contributed by atoms with Crippen LogP contribution in [0.15, 0.2) is 12.1 Å². The molecule has 0 heterocycles. The number of rotatable bonds is 6. The number of phenolic OH excluding ortho intramolecular Hbond substituents is 1. The van der Waals surface area contributed by atoms with Gasteiger partial charge in [-0.25, -0.2) is 0 Å². The fourth-order valence-corrected chi connectivity index (χ4v) is 2.53. The van der Waals surface area contributed by atoms with Crippen molar-refractivity contribution in [1.29, 1.82) is 0 Å². The Bertz CT molecular complexity index is 530. The molecule has 23 heavy (non-hydrogen) atoms. The SMILES string of the molecule is COC(=O)C(Cc1cc(C(C)C)c(O)c(C(C)C)c1)C(=O)OC. The lowest BCUT2D eigenvalue weighted by Crippen LogP contribution is -2.28. The first-order valence-corrected chi connectivity index (χ1v) is 7.74. The van der Waals surface area contributed by atoms with Crippen LogP contribution in [0.2, 0.25) is 0 Å². The van der Waals surface area contributed by atoms with E-state index in [1.165, 1.54) is 14.2 Å². The van der Waals surface area contributed by atoms with E-state index in [2.05, 4.69) is 0 Å². The lowest BCUT2D eigenvalue weighted by Gasteiger charge is -2.19. The molecule has 5 nitrogen and oxygen atoms in total. The molecule has 0 aromatic heterocycles. The van der Waals surface area contributed by atoms with Crippen LogP contribution in [0.1, 0.15) is 56.2 Å². The number of phenols is 1. The Morgan fingerprint density at radius 3 is 1.65 bits per heavy atom. The molecule has 1 aromatic carbocycles. The van der Waals surface area contributed by atoms with E-state index in [9.17, 15) is 14.7 Å². The summed E-state index contributed by atoms with van der Waals surface area (Å²) in [6.07, 6.45) is 0.180. The minimum absolute atomic E-state index is 0.127. The second kappa shape index (κ2) is 7.99. The minimum Gasteiger partial charge on any atom is -0.507 e. The summed E-state index contributed by atoms with van der Waals surface area (Å²) in [5.74, 6) is -1.71. The van der Waals surface area contributed by atoms with Crippen molar-refractivity contribution >= 4 is 11.9 Å². The zero-order valence-corrected chi connectivity index (χ0v) is 14.7. The number of esters is 2. The van der Waals surface area contributed by atoms with Gasteiger partial charge >= 0.3 is 11.9 Å². The predicted molar refractivity (Wildman–Crippen MR) is 87.5 cm³/mol. The van der Waals surface area contributed by atoms with Gasteiger partial charge in [0, 0.05) is 0 Å². The van der Waals surface area contributed by atoms with Gasteiger partial charge in [-0.2, -0.15) is 0 Å². The molecule has 0 spiro atoms. The summed E-state index contributed by atoms with van der Waals surface area (Å²) in [5.41, 5.74) is 2.41. The Labute approximate surface area is 137 Å². The molecule has 0 amide bonds. The third-order valence-corrected chi connectivity index (χ3v) is 3.88. The summed E-state index contributed by atoms with van der Waals surface area (Å²) in [6, 6.07) is 3.68. The van der Waals surface area contributed by atoms with Gasteiger partial charge in [0.15, 0.2) is 5.92 Å². The number of benzene rings is 1. The van der Waals surface area contributed by atoms with Crippen molar-refractivity contribution in [2.75, 3.05) is 14.2 Å². The summed E-state index contributed by atoms with van der Waals surface area (Å²) in [4.78, 5) is 23.7. The van der Waals surface area contributed by atoms with E-state index in [-0.39, 0.29) is 24.0 Å². The Morgan fingerprint density at radius 2 is 1.35 bits per heavy atom. The maximum atomic E-state index is 11.8. The van der Waals surface area contributed by atoms with Gasteiger partial charge in [-0.15, -0.1) is 0 Å². The largest absolute Gasteiger partial charge is 0.507 e. The van der Waals surface area contributed by atoms with Gasteiger partial charge in [0.05, 0.1) is 14.2 Å².